The van der Waals surface area contributed by atoms with Crippen molar-refractivity contribution >= 4 is 17.5 Å². The van der Waals surface area contributed by atoms with E-state index in [4.69, 9.17) is 0 Å². The summed E-state index contributed by atoms with van der Waals surface area (Å²) in [5.74, 6) is -1.24. The van der Waals surface area contributed by atoms with Crippen molar-refractivity contribution in [2.45, 2.75) is 26.2 Å². The predicted molar refractivity (Wildman–Crippen MR) is 111 cm³/mol. The van der Waals surface area contributed by atoms with Gasteiger partial charge in [-0.2, -0.15) is 0 Å². The fraction of sp³-hybridized carbons (Fsp3) is 0.391. The van der Waals surface area contributed by atoms with Gasteiger partial charge in [-0.05, 0) is 49.6 Å². The number of rotatable bonds is 3. The Kier molecular flexibility index (Phi) is 5.26. The number of amides is 2. The summed E-state index contributed by atoms with van der Waals surface area (Å²) in [7, 11) is 0. The molecule has 2 aliphatic heterocycles. The molecule has 0 spiro atoms. The molecule has 2 aromatic rings. The van der Waals surface area contributed by atoms with E-state index in [1.165, 1.54) is 28.9 Å². The van der Waals surface area contributed by atoms with Crippen molar-refractivity contribution in [3.63, 3.8) is 0 Å². The van der Waals surface area contributed by atoms with Gasteiger partial charge in [0.1, 0.15) is 5.82 Å². The molecule has 152 valence electrons. The van der Waals surface area contributed by atoms with Crippen LogP contribution in [0.5, 0.6) is 0 Å². The monoisotopic (exact) mass is 395 g/mol. The van der Waals surface area contributed by atoms with Crippen molar-refractivity contribution < 1.29 is 14.0 Å². The Bertz CT molecular complexity index is 951. The van der Waals surface area contributed by atoms with E-state index in [1.54, 1.807) is 11.0 Å². The van der Waals surface area contributed by atoms with Gasteiger partial charge in [0, 0.05) is 38.4 Å². The van der Waals surface area contributed by atoms with Crippen LogP contribution in [0.4, 0.5) is 10.1 Å². The van der Waals surface area contributed by atoms with E-state index in [-0.39, 0.29) is 23.3 Å². The standard InChI is InChI=1S/C23H26FN3O2/c1-15-3-6-21(16(2)13-15)26-9-11-27(12-10-26)23(29)19-5-4-17(14-20(19)24)18-7-8-25-22(18)28/h3-6,13-14,18H,7-12H2,1-2H3,(H,25,28). The third kappa shape index (κ3) is 3.84. The van der Waals surface area contributed by atoms with Crippen molar-refractivity contribution in [1.29, 1.82) is 0 Å². The van der Waals surface area contributed by atoms with E-state index in [1.807, 2.05) is 0 Å². The van der Waals surface area contributed by atoms with Crippen molar-refractivity contribution in [3.8, 4) is 0 Å². The fourth-order valence-electron chi connectivity index (χ4n) is 4.31. The highest BCUT2D eigenvalue weighted by Crippen LogP contribution is 2.26. The van der Waals surface area contributed by atoms with Crippen LogP contribution in [0, 0.1) is 19.7 Å². The van der Waals surface area contributed by atoms with Crippen LogP contribution in [0.2, 0.25) is 0 Å². The van der Waals surface area contributed by atoms with Crippen molar-refractivity contribution in [2.75, 3.05) is 37.6 Å². The topological polar surface area (TPSA) is 52.6 Å². The van der Waals surface area contributed by atoms with Gasteiger partial charge in [-0.25, -0.2) is 4.39 Å². The Labute approximate surface area is 170 Å². The quantitative estimate of drug-likeness (QED) is 0.869. The molecular weight excluding hydrogens is 369 g/mol. The molecule has 2 saturated heterocycles. The number of carbonyl (C=O) groups is 2. The van der Waals surface area contributed by atoms with E-state index >= 15 is 0 Å². The second kappa shape index (κ2) is 7.85. The first-order chi connectivity index (χ1) is 13.9. The Morgan fingerprint density at radius 2 is 1.83 bits per heavy atom. The summed E-state index contributed by atoms with van der Waals surface area (Å²) in [5.41, 5.74) is 4.35. The number of hydrogen-bond donors (Lipinski definition) is 1. The molecule has 4 rings (SSSR count). The summed E-state index contributed by atoms with van der Waals surface area (Å²) < 4.78 is 14.7. The highest BCUT2D eigenvalue weighted by Gasteiger charge is 2.28. The summed E-state index contributed by atoms with van der Waals surface area (Å²) in [6, 6.07) is 11.0. The minimum absolute atomic E-state index is 0.0760. The number of hydrogen-bond acceptors (Lipinski definition) is 3. The Hall–Kier alpha value is -2.89. The highest BCUT2D eigenvalue weighted by molar-refractivity contribution is 5.95. The van der Waals surface area contributed by atoms with Crippen molar-refractivity contribution in [2.24, 2.45) is 0 Å². The maximum absolute atomic E-state index is 14.7. The molecule has 1 N–H and O–H groups in total. The molecule has 2 aromatic carbocycles. The molecule has 29 heavy (non-hydrogen) atoms. The zero-order chi connectivity index (χ0) is 20.5. The predicted octanol–water partition coefficient (Wildman–Crippen LogP) is 3.01. The summed E-state index contributed by atoms with van der Waals surface area (Å²) in [5, 5.41) is 2.76. The van der Waals surface area contributed by atoms with Crippen molar-refractivity contribution in [1.82, 2.24) is 10.2 Å². The Morgan fingerprint density at radius 1 is 1.07 bits per heavy atom. The molecule has 2 fully saturated rings. The van der Waals surface area contributed by atoms with Crippen LogP contribution in [-0.4, -0.2) is 49.4 Å². The molecule has 0 saturated carbocycles. The SMILES string of the molecule is Cc1ccc(N2CCN(C(=O)c3ccc(C4CCNC4=O)cc3F)CC2)c(C)c1. The first kappa shape index (κ1) is 19.4. The zero-order valence-corrected chi connectivity index (χ0v) is 16.9. The van der Waals surface area contributed by atoms with Gasteiger partial charge >= 0.3 is 0 Å². The molecule has 0 radical (unpaired) electrons. The summed E-state index contributed by atoms with van der Waals surface area (Å²) in [6.45, 7) is 7.33. The largest absolute Gasteiger partial charge is 0.368 e. The van der Waals surface area contributed by atoms with E-state index in [0.717, 1.165) is 13.1 Å². The first-order valence-electron chi connectivity index (χ1n) is 10.1. The third-order valence-electron chi connectivity index (χ3n) is 5.93. The van der Waals surface area contributed by atoms with Crippen molar-refractivity contribution in [3.05, 3.63) is 64.5 Å². The van der Waals surface area contributed by atoms with Gasteiger partial charge in [0.25, 0.3) is 5.91 Å². The van der Waals surface area contributed by atoms with Gasteiger partial charge in [0.15, 0.2) is 0 Å². The van der Waals surface area contributed by atoms with Crippen LogP contribution < -0.4 is 10.2 Å². The Morgan fingerprint density at radius 3 is 2.45 bits per heavy atom. The molecule has 2 amide bonds. The fourth-order valence-corrected chi connectivity index (χ4v) is 4.31. The van der Waals surface area contributed by atoms with E-state index in [0.29, 0.717) is 31.6 Å². The smallest absolute Gasteiger partial charge is 0.256 e. The van der Waals surface area contributed by atoms with Crippen LogP contribution in [-0.2, 0) is 4.79 Å². The lowest BCUT2D eigenvalue weighted by atomic mass is 9.96. The molecule has 2 heterocycles. The molecular formula is C23H26FN3O2. The second-order valence-electron chi connectivity index (χ2n) is 7.94. The molecule has 1 atom stereocenters. The lowest BCUT2D eigenvalue weighted by molar-refractivity contribution is -0.120. The van der Waals surface area contributed by atoms with Crippen LogP contribution >= 0.6 is 0 Å². The number of piperazine rings is 1. The second-order valence-corrected chi connectivity index (χ2v) is 7.94. The van der Waals surface area contributed by atoms with Crippen LogP contribution in [0.1, 0.15) is 39.4 Å². The van der Waals surface area contributed by atoms with Gasteiger partial charge in [0.2, 0.25) is 5.91 Å². The van der Waals surface area contributed by atoms with E-state index in [2.05, 4.69) is 42.3 Å². The van der Waals surface area contributed by atoms with Gasteiger partial charge in [-0.3, -0.25) is 9.59 Å². The number of halogens is 1. The highest BCUT2D eigenvalue weighted by atomic mass is 19.1. The summed E-state index contributed by atoms with van der Waals surface area (Å²) in [6.07, 6.45) is 0.659. The average Bonchev–Trinajstić information content (AvgIpc) is 3.13. The zero-order valence-electron chi connectivity index (χ0n) is 16.9. The van der Waals surface area contributed by atoms with Gasteiger partial charge in [-0.15, -0.1) is 0 Å². The van der Waals surface area contributed by atoms with Crippen LogP contribution in [0.15, 0.2) is 36.4 Å². The average molecular weight is 395 g/mol. The van der Waals surface area contributed by atoms with E-state index < -0.39 is 5.82 Å². The molecule has 2 aliphatic rings. The molecule has 0 aromatic heterocycles. The molecule has 0 aliphatic carbocycles. The van der Waals surface area contributed by atoms with Gasteiger partial charge in [0.05, 0.1) is 11.5 Å². The lowest BCUT2D eigenvalue weighted by Gasteiger charge is -2.37. The maximum atomic E-state index is 14.7. The minimum Gasteiger partial charge on any atom is -0.368 e. The number of benzene rings is 2. The number of anilines is 1. The molecule has 5 nitrogen and oxygen atoms in total. The normalized spacial score (nSPS) is 19.4. The van der Waals surface area contributed by atoms with E-state index in [9.17, 15) is 14.0 Å². The molecule has 0 bridgehead atoms. The third-order valence-corrected chi connectivity index (χ3v) is 5.93. The summed E-state index contributed by atoms with van der Waals surface area (Å²) >= 11 is 0. The minimum atomic E-state index is -0.552. The van der Waals surface area contributed by atoms with Crippen LogP contribution in [0.25, 0.3) is 0 Å². The van der Waals surface area contributed by atoms with Gasteiger partial charge in [-0.1, -0.05) is 23.8 Å². The lowest BCUT2D eigenvalue weighted by Crippen LogP contribution is -2.49. The molecule has 6 heteroatoms. The molecule has 1 unspecified atom stereocenters. The first-order valence-corrected chi connectivity index (χ1v) is 10.1. The van der Waals surface area contributed by atoms with Gasteiger partial charge < -0.3 is 15.1 Å². The number of aryl methyl sites for hydroxylation is 2. The Balaban J connectivity index is 1.43. The number of nitrogens with zero attached hydrogens (tertiary/aromatic N) is 2. The maximum Gasteiger partial charge on any atom is 0.256 e. The summed E-state index contributed by atoms with van der Waals surface area (Å²) in [4.78, 5) is 28.7. The number of nitrogens with one attached hydrogen (secondary N) is 1. The van der Waals surface area contributed by atoms with Crippen LogP contribution in [0.3, 0.4) is 0 Å². The number of carbonyl (C=O) groups excluding carboxylic acids is 2.